The van der Waals surface area contributed by atoms with Gasteiger partial charge in [-0.15, -0.1) is 0 Å². The summed E-state index contributed by atoms with van der Waals surface area (Å²) in [6.07, 6.45) is 0. The van der Waals surface area contributed by atoms with Gasteiger partial charge >= 0.3 is 0 Å². The van der Waals surface area contributed by atoms with Gasteiger partial charge in [-0.2, -0.15) is 0 Å². The van der Waals surface area contributed by atoms with Crippen molar-refractivity contribution < 1.29 is 0 Å². The van der Waals surface area contributed by atoms with Gasteiger partial charge in [0, 0.05) is 43.8 Å². The number of hydrogen-bond acceptors (Lipinski definition) is 2. The zero-order chi connectivity index (χ0) is 37.8. The summed E-state index contributed by atoms with van der Waals surface area (Å²) in [5.41, 5.74) is 10.2. The summed E-state index contributed by atoms with van der Waals surface area (Å²) >= 11 is 8.45. The predicted octanol–water partition coefficient (Wildman–Crippen LogP) is 15.0. The Kier molecular flexibility index (Phi) is 9.40. The van der Waals surface area contributed by atoms with Crippen molar-refractivity contribution in [3.8, 4) is 0 Å². The maximum absolute atomic E-state index is 5.67. The lowest BCUT2D eigenvalue weighted by Crippen LogP contribution is -2.12. The molecule has 54 heavy (non-hydrogen) atoms. The number of nitrogens with zero attached hydrogens (tertiary/aromatic N) is 2. The second kappa shape index (κ2) is 14.1. The molecule has 0 N–H and O–H groups in total. The summed E-state index contributed by atoms with van der Waals surface area (Å²) in [6.45, 7) is 13.7. The topological polar surface area (TPSA) is 24.7 Å². The Bertz CT molecular complexity index is 2430. The van der Waals surface area contributed by atoms with Gasteiger partial charge in [0.25, 0.3) is 0 Å². The molecule has 0 aliphatic carbocycles. The Morgan fingerprint density at radius 2 is 0.648 bits per heavy atom. The van der Waals surface area contributed by atoms with E-state index in [9.17, 15) is 0 Å². The van der Waals surface area contributed by atoms with E-state index in [2.05, 4.69) is 219 Å². The van der Waals surface area contributed by atoms with Gasteiger partial charge in [-0.1, -0.05) is 163 Å². The van der Waals surface area contributed by atoms with Gasteiger partial charge in [-0.05, 0) is 88.9 Å². The molecule has 0 atom stereocenters. The second-order valence-corrected chi connectivity index (χ2v) is 17.7. The van der Waals surface area contributed by atoms with E-state index >= 15 is 0 Å². The molecule has 266 valence electrons. The second-order valence-electron chi connectivity index (χ2n) is 16.1. The highest BCUT2D eigenvalue weighted by Gasteiger charge is 2.28. The first-order chi connectivity index (χ1) is 25.9. The number of aliphatic imine (C=N–C) groups is 2. The molecule has 0 bridgehead atoms. The number of hydrogen-bond donors (Lipinski definition) is 0. The molecule has 0 heterocycles. The Morgan fingerprint density at radius 3 is 0.907 bits per heavy atom. The molecule has 0 saturated heterocycles. The maximum atomic E-state index is 5.67. The summed E-state index contributed by atoms with van der Waals surface area (Å²) in [5, 5.41) is 6.84. The van der Waals surface area contributed by atoms with Gasteiger partial charge in [0.05, 0.1) is 31.7 Å². The quantitative estimate of drug-likeness (QED) is 0.118. The van der Waals surface area contributed by atoms with Crippen LogP contribution in [0.3, 0.4) is 0 Å². The van der Waals surface area contributed by atoms with Crippen molar-refractivity contribution >= 4 is 87.0 Å². The van der Waals surface area contributed by atoms with Crippen molar-refractivity contribution in [2.24, 2.45) is 9.98 Å². The van der Waals surface area contributed by atoms with Crippen LogP contribution in [0, 0.1) is 0 Å². The zero-order valence-electron chi connectivity index (χ0n) is 31.5. The molecule has 0 spiro atoms. The van der Waals surface area contributed by atoms with Crippen LogP contribution < -0.4 is 0 Å². The molecule has 4 heteroatoms. The largest absolute Gasteiger partial charge is 0.246 e. The van der Waals surface area contributed by atoms with Crippen LogP contribution in [0.4, 0.5) is 11.4 Å². The van der Waals surface area contributed by atoms with E-state index in [-0.39, 0.29) is 10.8 Å². The molecule has 2 nitrogen and oxygen atoms in total. The van der Waals surface area contributed by atoms with Crippen LogP contribution >= 0.6 is 31.9 Å². The Hall–Kier alpha value is -4.90. The lowest BCUT2D eigenvalue weighted by atomic mass is 9.80. The predicted molar refractivity (Wildman–Crippen MR) is 239 cm³/mol. The third-order valence-corrected chi connectivity index (χ3v) is 11.9. The van der Waals surface area contributed by atoms with Crippen LogP contribution in [0.25, 0.3) is 32.3 Å². The van der Waals surface area contributed by atoms with Crippen LogP contribution in [-0.4, -0.2) is 11.4 Å². The fourth-order valence-electron chi connectivity index (χ4n) is 7.32. The Balaban J connectivity index is 1.58. The highest BCUT2D eigenvalue weighted by molar-refractivity contribution is 9.11. The highest BCUT2D eigenvalue weighted by Crippen LogP contribution is 2.53. The smallest absolute Gasteiger partial charge is 0.0864 e. The van der Waals surface area contributed by atoms with Crippen molar-refractivity contribution in [1.29, 1.82) is 0 Å². The average Bonchev–Trinajstić information content (AvgIpc) is 3.17. The van der Waals surface area contributed by atoms with Crippen LogP contribution in [0.5, 0.6) is 0 Å². The molecular formula is C50H42Br2N2. The molecule has 0 amide bonds. The number of rotatable bonds is 6. The van der Waals surface area contributed by atoms with Crippen molar-refractivity contribution in [2.75, 3.05) is 0 Å². The molecule has 0 aliphatic heterocycles. The third-order valence-electron chi connectivity index (χ3n) is 10.3. The highest BCUT2D eigenvalue weighted by atomic mass is 79.9. The van der Waals surface area contributed by atoms with E-state index in [1.807, 2.05) is 0 Å². The lowest BCUT2D eigenvalue weighted by Gasteiger charge is -2.26. The minimum absolute atomic E-state index is 0.124. The van der Waals surface area contributed by atoms with E-state index in [0.29, 0.717) is 0 Å². The molecule has 0 saturated carbocycles. The Morgan fingerprint density at radius 1 is 0.389 bits per heavy atom. The molecule has 0 unspecified atom stereocenters. The number of halogens is 2. The molecule has 0 radical (unpaired) electrons. The first-order valence-corrected chi connectivity index (χ1v) is 20.1. The van der Waals surface area contributed by atoms with Crippen molar-refractivity contribution in [3.05, 3.63) is 188 Å². The fraction of sp³-hybridized carbons (Fsp3) is 0.160. The van der Waals surface area contributed by atoms with Crippen molar-refractivity contribution in [3.63, 3.8) is 0 Å². The molecule has 0 aliphatic rings. The van der Waals surface area contributed by atoms with Gasteiger partial charge in [0.15, 0.2) is 0 Å². The number of benzene rings is 8. The van der Waals surface area contributed by atoms with Crippen LogP contribution in [-0.2, 0) is 10.8 Å². The van der Waals surface area contributed by atoms with Crippen LogP contribution in [0.1, 0.15) is 74.9 Å². The molecule has 8 aromatic carbocycles. The van der Waals surface area contributed by atoms with Crippen LogP contribution in [0.15, 0.2) is 165 Å². The average molecular weight is 831 g/mol. The van der Waals surface area contributed by atoms with E-state index in [1.54, 1.807) is 0 Å². The molecule has 8 aromatic rings. The van der Waals surface area contributed by atoms with E-state index in [1.165, 1.54) is 21.9 Å². The monoisotopic (exact) mass is 828 g/mol. The summed E-state index contributed by atoms with van der Waals surface area (Å²) in [4.78, 5) is 11.3. The zero-order valence-corrected chi connectivity index (χ0v) is 34.7. The molecule has 8 rings (SSSR count). The van der Waals surface area contributed by atoms with E-state index < -0.39 is 0 Å². The molecule has 0 fully saturated rings. The lowest BCUT2D eigenvalue weighted by molar-refractivity contribution is 0.591. The summed E-state index contributed by atoms with van der Waals surface area (Å²) in [5.74, 6) is 0. The maximum Gasteiger partial charge on any atom is 0.0864 e. The molecule has 0 aromatic heterocycles. The first-order valence-electron chi connectivity index (χ1n) is 18.5. The van der Waals surface area contributed by atoms with Gasteiger partial charge in [0.1, 0.15) is 0 Å². The normalized spacial score (nSPS) is 12.1. The minimum atomic E-state index is -0.124. The summed E-state index contributed by atoms with van der Waals surface area (Å²) in [7, 11) is 0. The van der Waals surface area contributed by atoms with Gasteiger partial charge in [-0.3, -0.25) is 0 Å². The first kappa shape index (κ1) is 36.1. The van der Waals surface area contributed by atoms with E-state index in [4.69, 9.17) is 9.98 Å². The summed E-state index contributed by atoms with van der Waals surface area (Å²) < 4.78 is 1.96. The van der Waals surface area contributed by atoms with Crippen molar-refractivity contribution in [1.82, 2.24) is 0 Å². The molecular weight excluding hydrogens is 788 g/mol. The van der Waals surface area contributed by atoms with Gasteiger partial charge in [0.2, 0.25) is 0 Å². The van der Waals surface area contributed by atoms with Gasteiger partial charge in [-0.25, -0.2) is 9.98 Å². The summed E-state index contributed by atoms with van der Waals surface area (Å²) in [6, 6.07) is 51.5. The third kappa shape index (κ3) is 6.61. The van der Waals surface area contributed by atoms with E-state index in [0.717, 1.165) is 75.5 Å². The Labute approximate surface area is 335 Å². The SMILES string of the molecule is CC(C)(C)c1cc2c(Br)c(N=C(c3ccccc3)c3ccccc3)c3cc(C(C)(C)C)cc4c(Br)c(N=C(c5ccccc5)c5ccccc5)c(c1)c2c43. The minimum Gasteiger partial charge on any atom is -0.246 e. The fourth-order valence-corrected chi connectivity index (χ4v) is 8.55. The van der Waals surface area contributed by atoms with Crippen LogP contribution in [0.2, 0.25) is 0 Å². The standard InChI is InChI=1S/C50H42Br2N2/c1-49(2,3)35-27-37-41-39(29-35)47(53-45(31-19-11-7-12-20-31)32-21-13-8-14-22-32)44(52)38-28-36(50(4,5)6)30-40(42(38)41)48(43(37)51)54-46(33-23-15-9-16-24-33)34-25-17-10-18-26-34/h7-30H,1-6H3. The van der Waals surface area contributed by atoms with Crippen molar-refractivity contribution in [2.45, 2.75) is 52.4 Å². The van der Waals surface area contributed by atoms with Gasteiger partial charge < -0.3 is 0 Å².